The number of hydrogen-bond donors (Lipinski definition) is 2. The summed E-state index contributed by atoms with van der Waals surface area (Å²) in [5.41, 5.74) is 2.93. The van der Waals surface area contributed by atoms with Crippen molar-refractivity contribution < 1.29 is 8.42 Å². The molecule has 8 heteroatoms. The Morgan fingerprint density at radius 3 is 2.80 bits per heavy atom. The molecule has 3 heterocycles. The van der Waals surface area contributed by atoms with Gasteiger partial charge in [-0.25, -0.2) is 23.1 Å². The number of pyridine rings is 1. The predicted molar refractivity (Wildman–Crippen MR) is 98.0 cm³/mol. The molecule has 7 nitrogen and oxygen atoms in total. The monoisotopic (exact) mass is 361 g/mol. The first-order valence-corrected chi connectivity index (χ1v) is 10.4. The smallest absolute Gasteiger partial charge is 0.211 e. The Kier molecular flexibility index (Phi) is 4.04. The van der Waals surface area contributed by atoms with E-state index >= 15 is 0 Å². The van der Waals surface area contributed by atoms with E-state index in [1.54, 1.807) is 0 Å². The minimum absolute atomic E-state index is 0.228. The van der Waals surface area contributed by atoms with Crippen molar-refractivity contribution in [3.8, 4) is 0 Å². The molecule has 1 saturated carbocycles. The minimum atomic E-state index is -3.14. The first-order valence-electron chi connectivity index (χ1n) is 8.70. The fourth-order valence-corrected chi connectivity index (χ4v) is 5.24. The number of aromatic amines is 1. The highest BCUT2D eigenvalue weighted by Gasteiger charge is 2.28. The number of sulfonamides is 1. The molecule has 0 radical (unpaired) electrons. The number of fused-ring (bicyclic) bond motifs is 3. The standard InChI is InChI=1S/C17H23N5O2S/c1-11-21-15-9-20-17-14(7-8-19-17)16(15)22(11)13-5-3-12(4-6-13)10-25(23,24)18-2/h7-9,12-13,18H,3-6,10H2,1-2H3,(H,19,20). The summed E-state index contributed by atoms with van der Waals surface area (Å²) in [6.07, 6.45) is 7.53. The summed E-state index contributed by atoms with van der Waals surface area (Å²) in [4.78, 5) is 12.3. The van der Waals surface area contributed by atoms with Gasteiger partial charge in [0.05, 0.1) is 17.5 Å². The summed E-state index contributed by atoms with van der Waals surface area (Å²) in [6, 6.07) is 2.41. The molecule has 0 unspecified atom stereocenters. The minimum Gasteiger partial charge on any atom is -0.346 e. The summed E-state index contributed by atoms with van der Waals surface area (Å²) in [5, 5.41) is 1.10. The maximum Gasteiger partial charge on any atom is 0.211 e. The fraction of sp³-hybridized carbons (Fsp3) is 0.529. The number of rotatable bonds is 4. The van der Waals surface area contributed by atoms with Gasteiger partial charge in [-0.05, 0) is 51.6 Å². The van der Waals surface area contributed by atoms with Crippen molar-refractivity contribution in [3.05, 3.63) is 24.3 Å². The molecule has 0 saturated heterocycles. The summed E-state index contributed by atoms with van der Waals surface area (Å²) >= 11 is 0. The third-order valence-corrected chi connectivity index (χ3v) is 6.89. The second-order valence-corrected chi connectivity index (χ2v) is 8.89. The van der Waals surface area contributed by atoms with Gasteiger partial charge in [-0.1, -0.05) is 0 Å². The van der Waals surface area contributed by atoms with E-state index in [0.29, 0.717) is 6.04 Å². The van der Waals surface area contributed by atoms with Crippen LogP contribution in [0.3, 0.4) is 0 Å². The number of imidazole rings is 1. The van der Waals surface area contributed by atoms with Gasteiger partial charge in [0, 0.05) is 17.6 Å². The van der Waals surface area contributed by atoms with Crippen LogP contribution in [0.4, 0.5) is 0 Å². The van der Waals surface area contributed by atoms with Crippen molar-refractivity contribution in [1.29, 1.82) is 0 Å². The van der Waals surface area contributed by atoms with E-state index in [1.165, 1.54) is 7.05 Å². The van der Waals surface area contributed by atoms with E-state index in [9.17, 15) is 8.42 Å². The molecular formula is C17H23N5O2S. The van der Waals surface area contributed by atoms with Gasteiger partial charge in [0.25, 0.3) is 0 Å². The van der Waals surface area contributed by atoms with Crippen molar-refractivity contribution in [3.63, 3.8) is 0 Å². The SMILES string of the molecule is CNS(=O)(=O)CC1CCC(n2c(C)nc3cnc4[nH]ccc4c32)CC1. The first-order chi connectivity index (χ1) is 12.0. The first kappa shape index (κ1) is 16.5. The number of nitrogens with one attached hydrogen (secondary N) is 2. The highest BCUT2D eigenvalue weighted by molar-refractivity contribution is 7.89. The molecule has 0 spiro atoms. The van der Waals surface area contributed by atoms with Crippen molar-refractivity contribution >= 4 is 32.1 Å². The van der Waals surface area contributed by atoms with Crippen LogP contribution in [0.15, 0.2) is 18.5 Å². The average Bonchev–Trinajstić information content (AvgIpc) is 3.18. The summed E-state index contributed by atoms with van der Waals surface area (Å²) in [6.45, 7) is 2.04. The number of hydrogen-bond acceptors (Lipinski definition) is 4. The molecule has 1 fully saturated rings. The van der Waals surface area contributed by atoms with Crippen LogP contribution in [-0.4, -0.2) is 40.7 Å². The summed E-state index contributed by atoms with van der Waals surface area (Å²) in [7, 11) is -1.65. The highest BCUT2D eigenvalue weighted by atomic mass is 32.2. The van der Waals surface area contributed by atoms with Crippen molar-refractivity contribution in [1.82, 2.24) is 24.2 Å². The molecule has 1 aliphatic rings. The van der Waals surface area contributed by atoms with E-state index in [2.05, 4.69) is 19.3 Å². The van der Waals surface area contributed by atoms with E-state index in [0.717, 1.165) is 53.6 Å². The number of H-pyrrole nitrogens is 1. The molecule has 2 N–H and O–H groups in total. The number of aryl methyl sites for hydroxylation is 1. The number of aromatic nitrogens is 4. The lowest BCUT2D eigenvalue weighted by Crippen LogP contribution is -2.29. The van der Waals surface area contributed by atoms with Gasteiger partial charge >= 0.3 is 0 Å². The predicted octanol–water partition coefficient (Wildman–Crippen LogP) is 2.50. The van der Waals surface area contributed by atoms with Crippen LogP contribution in [0, 0.1) is 12.8 Å². The molecule has 3 aromatic heterocycles. The molecule has 25 heavy (non-hydrogen) atoms. The largest absolute Gasteiger partial charge is 0.346 e. The lowest BCUT2D eigenvalue weighted by Gasteiger charge is -2.30. The fourth-order valence-electron chi connectivity index (χ4n) is 4.12. The molecular weight excluding hydrogens is 338 g/mol. The zero-order chi connectivity index (χ0) is 17.6. The molecule has 1 aliphatic carbocycles. The van der Waals surface area contributed by atoms with Crippen LogP contribution < -0.4 is 4.72 Å². The van der Waals surface area contributed by atoms with Crippen molar-refractivity contribution in [2.24, 2.45) is 5.92 Å². The van der Waals surface area contributed by atoms with Gasteiger partial charge in [0.2, 0.25) is 10.0 Å². The van der Waals surface area contributed by atoms with Crippen LogP contribution in [0.5, 0.6) is 0 Å². The second kappa shape index (κ2) is 6.10. The van der Waals surface area contributed by atoms with E-state index in [-0.39, 0.29) is 11.7 Å². The van der Waals surface area contributed by atoms with Gasteiger partial charge in [-0.15, -0.1) is 0 Å². The third kappa shape index (κ3) is 2.93. The van der Waals surface area contributed by atoms with Crippen LogP contribution in [0.1, 0.15) is 37.5 Å². The average molecular weight is 361 g/mol. The Morgan fingerprint density at radius 1 is 1.32 bits per heavy atom. The Balaban J connectivity index is 1.63. The number of nitrogens with zero attached hydrogens (tertiary/aromatic N) is 3. The van der Waals surface area contributed by atoms with Gasteiger partial charge in [0.15, 0.2) is 0 Å². The van der Waals surface area contributed by atoms with Crippen LogP contribution in [-0.2, 0) is 10.0 Å². The van der Waals surface area contributed by atoms with Gasteiger partial charge in [-0.2, -0.15) is 0 Å². The van der Waals surface area contributed by atoms with Crippen LogP contribution in [0.25, 0.3) is 22.1 Å². The van der Waals surface area contributed by atoms with Crippen LogP contribution in [0.2, 0.25) is 0 Å². The van der Waals surface area contributed by atoms with Crippen LogP contribution >= 0.6 is 0 Å². The lowest BCUT2D eigenvalue weighted by molar-refractivity contribution is 0.292. The molecule has 0 aliphatic heterocycles. The molecule has 0 bridgehead atoms. The zero-order valence-electron chi connectivity index (χ0n) is 14.5. The molecule has 0 aromatic carbocycles. The quantitative estimate of drug-likeness (QED) is 0.747. The second-order valence-electron chi connectivity index (χ2n) is 6.92. The highest BCUT2D eigenvalue weighted by Crippen LogP contribution is 2.37. The van der Waals surface area contributed by atoms with Gasteiger partial charge < -0.3 is 9.55 Å². The Hall–Kier alpha value is -1.93. The Morgan fingerprint density at radius 2 is 2.08 bits per heavy atom. The molecule has 4 rings (SSSR count). The summed E-state index contributed by atoms with van der Waals surface area (Å²) < 4.78 is 28.3. The Labute approximate surface area is 146 Å². The maximum absolute atomic E-state index is 11.8. The van der Waals surface area contributed by atoms with Gasteiger partial charge in [-0.3, -0.25) is 0 Å². The molecule has 0 amide bonds. The Bertz CT molecular complexity index is 1010. The molecule has 0 atom stereocenters. The lowest BCUT2D eigenvalue weighted by atomic mass is 9.87. The van der Waals surface area contributed by atoms with E-state index in [1.807, 2.05) is 25.4 Å². The van der Waals surface area contributed by atoms with Crippen molar-refractivity contribution in [2.45, 2.75) is 38.6 Å². The van der Waals surface area contributed by atoms with Gasteiger partial charge in [0.1, 0.15) is 17.0 Å². The third-order valence-electron chi connectivity index (χ3n) is 5.36. The molecule has 3 aromatic rings. The normalized spacial score (nSPS) is 22.0. The van der Waals surface area contributed by atoms with E-state index < -0.39 is 10.0 Å². The van der Waals surface area contributed by atoms with E-state index in [4.69, 9.17) is 4.98 Å². The summed E-state index contributed by atoms with van der Waals surface area (Å²) in [5.74, 6) is 1.46. The van der Waals surface area contributed by atoms with Crippen molar-refractivity contribution in [2.75, 3.05) is 12.8 Å². The zero-order valence-corrected chi connectivity index (χ0v) is 15.3. The molecule has 134 valence electrons. The maximum atomic E-state index is 11.8. The topological polar surface area (TPSA) is 92.7 Å².